The number of carbonyl (C=O) groups is 1. The zero-order valence-corrected chi connectivity index (χ0v) is 11.5. The van der Waals surface area contributed by atoms with Crippen LogP contribution in [0.25, 0.3) is 0 Å². The first-order valence-electron chi connectivity index (χ1n) is 6.58. The highest BCUT2D eigenvalue weighted by molar-refractivity contribution is 5.89. The van der Waals surface area contributed by atoms with Gasteiger partial charge in [-0.1, -0.05) is 13.0 Å². The summed E-state index contributed by atoms with van der Waals surface area (Å²) >= 11 is 0. The van der Waals surface area contributed by atoms with E-state index in [1.54, 1.807) is 6.08 Å². The van der Waals surface area contributed by atoms with Gasteiger partial charge >= 0.3 is 5.69 Å². The second-order valence-electron chi connectivity index (χ2n) is 4.56. The third-order valence-electron chi connectivity index (χ3n) is 2.90. The second kappa shape index (κ2) is 6.59. The lowest BCUT2D eigenvalue weighted by Crippen LogP contribution is -2.30. The van der Waals surface area contributed by atoms with Gasteiger partial charge in [0.1, 0.15) is 6.10 Å². The predicted octanol–water partition coefficient (Wildman–Crippen LogP) is 0.567. The molecule has 0 radical (unpaired) electrons. The summed E-state index contributed by atoms with van der Waals surface area (Å²) in [5, 5.41) is 11.2. The van der Waals surface area contributed by atoms with E-state index in [-0.39, 0.29) is 13.0 Å². The Morgan fingerprint density at radius 3 is 2.95 bits per heavy atom. The van der Waals surface area contributed by atoms with E-state index in [9.17, 15) is 14.0 Å². The highest BCUT2D eigenvalue weighted by Gasteiger charge is 2.22. The molecule has 0 fully saturated rings. The van der Waals surface area contributed by atoms with Crippen molar-refractivity contribution in [2.75, 3.05) is 11.9 Å². The molecule has 21 heavy (non-hydrogen) atoms. The van der Waals surface area contributed by atoms with Crippen LogP contribution in [0.15, 0.2) is 23.1 Å². The summed E-state index contributed by atoms with van der Waals surface area (Å²) in [5.74, 6) is -1.63. The topological polar surface area (TPSA) is 93.5 Å². The molecule has 1 aromatic rings. The lowest BCUT2D eigenvalue weighted by Gasteiger charge is -2.15. The molecule has 2 atom stereocenters. The van der Waals surface area contributed by atoms with Crippen molar-refractivity contribution in [3.8, 4) is 0 Å². The molecule has 114 valence electrons. The molecule has 1 aliphatic heterocycles. The summed E-state index contributed by atoms with van der Waals surface area (Å²) in [6.07, 6.45) is 3.49. The summed E-state index contributed by atoms with van der Waals surface area (Å²) in [6, 6.07) is 0. The number of aromatic nitrogens is 2. The molecule has 0 unspecified atom stereocenters. The number of nitrogens with zero attached hydrogens (tertiary/aromatic N) is 2. The molecule has 2 N–H and O–H groups in total. The maximum atomic E-state index is 13.9. The molecule has 0 spiro atoms. The van der Waals surface area contributed by atoms with E-state index in [2.05, 4.69) is 10.3 Å². The lowest BCUT2D eigenvalue weighted by molar-refractivity contribution is -0.116. The number of hydrogen-bond acceptors (Lipinski definition) is 5. The molecular formula is C13H16FN3O4. The Kier molecular flexibility index (Phi) is 4.81. The Morgan fingerprint density at radius 2 is 2.33 bits per heavy atom. The van der Waals surface area contributed by atoms with Gasteiger partial charge in [-0.05, 0) is 12.5 Å². The van der Waals surface area contributed by atoms with E-state index in [4.69, 9.17) is 9.84 Å². The molecule has 2 heterocycles. The van der Waals surface area contributed by atoms with E-state index in [1.165, 1.54) is 6.08 Å². The zero-order valence-electron chi connectivity index (χ0n) is 11.5. The number of aliphatic hydroxyl groups is 1. The number of carbonyl (C=O) groups excluding carboxylic acids is 1. The van der Waals surface area contributed by atoms with Crippen LogP contribution in [-0.2, 0) is 9.53 Å². The first-order valence-corrected chi connectivity index (χ1v) is 6.58. The van der Waals surface area contributed by atoms with Crippen molar-refractivity contribution in [2.45, 2.75) is 32.1 Å². The van der Waals surface area contributed by atoms with Gasteiger partial charge in [0.2, 0.25) is 5.91 Å². The van der Waals surface area contributed by atoms with Crippen LogP contribution in [0.2, 0.25) is 0 Å². The summed E-state index contributed by atoms with van der Waals surface area (Å²) in [5.41, 5.74) is -0.753. The Morgan fingerprint density at radius 1 is 1.57 bits per heavy atom. The van der Waals surface area contributed by atoms with Crippen molar-refractivity contribution in [3.05, 3.63) is 34.7 Å². The van der Waals surface area contributed by atoms with E-state index in [0.29, 0.717) is 6.42 Å². The van der Waals surface area contributed by atoms with Crippen LogP contribution in [-0.4, -0.2) is 33.3 Å². The Labute approximate surface area is 120 Å². The van der Waals surface area contributed by atoms with Crippen molar-refractivity contribution in [3.63, 3.8) is 0 Å². The number of amides is 1. The monoisotopic (exact) mass is 297 g/mol. The van der Waals surface area contributed by atoms with E-state index in [0.717, 1.165) is 10.8 Å². The minimum Gasteiger partial charge on any atom is -0.393 e. The average Bonchev–Trinajstić information content (AvgIpc) is 2.91. The zero-order chi connectivity index (χ0) is 15.4. The van der Waals surface area contributed by atoms with Crippen molar-refractivity contribution in [1.82, 2.24) is 9.55 Å². The molecule has 8 heteroatoms. The van der Waals surface area contributed by atoms with Gasteiger partial charge in [0.05, 0.1) is 12.8 Å². The van der Waals surface area contributed by atoms with Crippen LogP contribution in [0.5, 0.6) is 0 Å². The number of hydrogen-bond donors (Lipinski definition) is 2. The standard InChI is InChI=1S/C13H16FN3O4/c1-2-3-10(19)15-12-9(14)6-17(13(20)16-12)11-5-4-8(7-18)21-11/h4-6,8,11,18H,2-3,7H2,1H3,(H,15,16,19,20)/t8-,11+/m0/s1. The normalized spacial score (nSPS) is 20.7. The van der Waals surface area contributed by atoms with Crippen molar-refractivity contribution < 1.29 is 19.0 Å². The summed E-state index contributed by atoms with van der Waals surface area (Å²) < 4.78 is 20.2. The first-order chi connectivity index (χ1) is 10.0. The molecule has 1 amide bonds. The highest BCUT2D eigenvalue weighted by Crippen LogP contribution is 2.20. The third kappa shape index (κ3) is 3.53. The van der Waals surface area contributed by atoms with E-state index < -0.39 is 35.6 Å². The van der Waals surface area contributed by atoms with Gasteiger partial charge in [0.15, 0.2) is 17.9 Å². The Bertz CT molecular complexity index is 614. The van der Waals surface area contributed by atoms with Gasteiger partial charge < -0.3 is 15.2 Å². The third-order valence-corrected chi connectivity index (χ3v) is 2.90. The maximum absolute atomic E-state index is 13.9. The number of anilines is 1. The number of ether oxygens (including phenoxy) is 1. The molecule has 0 saturated carbocycles. The fraction of sp³-hybridized carbons (Fsp3) is 0.462. The maximum Gasteiger partial charge on any atom is 0.352 e. The molecule has 2 rings (SSSR count). The summed E-state index contributed by atoms with van der Waals surface area (Å²) in [4.78, 5) is 26.8. The van der Waals surface area contributed by atoms with E-state index in [1.807, 2.05) is 6.92 Å². The van der Waals surface area contributed by atoms with Gasteiger partial charge in [0, 0.05) is 6.42 Å². The number of rotatable bonds is 5. The van der Waals surface area contributed by atoms with Crippen LogP contribution >= 0.6 is 0 Å². The molecule has 1 aliphatic rings. The number of nitrogens with one attached hydrogen (secondary N) is 1. The molecule has 0 bridgehead atoms. The number of halogens is 1. The Balaban J connectivity index is 2.20. The molecule has 1 aromatic heterocycles. The predicted molar refractivity (Wildman–Crippen MR) is 72.1 cm³/mol. The molecule has 0 saturated heterocycles. The average molecular weight is 297 g/mol. The summed E-state index contributed by atoms with van der Waals surface area (Å²) in [7, 11) is 0. The minimum atomic E-state index is -0.830. The van der Waals surface area contributed by atoms with Crippen LogP contribution in [0, 0.1) is 5.82 Å². The van der Waals surface area contributed by atoms with Gasteiger partial charge in [-0.25, -0.2) is 9.18 Å². The molecule has 0 aliphatic carbocycles. The smallest absolute Gasteiger partial charge is 0.352 e. The van der Waals surface area contributed by atoms with Crippen LogP contribution in [0.3, 0.4) is 0 Å². The molecule has 7 nitrogen and oxygen atoms in total. The van der Waals surface area contributed by atoms with Crippen molar-refractivity contribution in [2.24, 2.45) is 0 Å². The SMILES string of the molecule is CCCC(=O)Nc1nc(=O)n([C@H]2C=C[C@@H](CO)O2)cc1F. The van der Waals surface area contributed by atoms with Crippen LogP contribution in [0.1, 0.15) is 26.0 Å². The van der Waals surface area contributed by atoms with Crippen LogP contribution in [0.4, 0.5) is 10.2 Å². The van der Waals surface area contributed by atoms with Crippen LogP contribution < -0.4 is 11.0 Å². The second-order valence-corrected chi connectivity index (χ2v) is 4.56. The van der Waals surface area contributed by atoms with Crippen molar-refractivity contribution >= 4 is 11.7 Å². The Hall–Kier alpha value is -2.06. The van der Waals surface area contributed by atoms with Gasteiger partial charge in [-0.3, -0.25) is 9.36 Å². The summed E-state index contributed by atoms with van der Waals surface area (Å²) in [6.45, 7) is 1.57. The van der Waals surface area contributed by atoms with Gasteiger partial charge in [-0.15, -0.1) is 0 Å². The first kappa shape index (κ1) is 15.3. The molecule has 0 aromatic carbocycles. The molecular weight excluding hydrogens is 281 g/mol. The van der Waals surface area contributed by atoms with Crippen molar-refractivity contribution in [1.29, 1.82) is 0 Å². The van der Waals surface area contributed by atoms with Gasteiger partial charge in [0.25, 0.3) is 0 Å². The lowest BCUT2D eigenvalue weighted by atomic mass is 10.3. The van der Waals surface area contributed by atoms with E-state index >= 15 is 0 Å². The fourth-order valence-electron chi connectivity index (χ4n) is 1.89. The highest BCUT2D eigenvalue weighted by atomic mass is 19.1. The fourth-order valence-corrected chi connectivity index (χ4v) is 1.89. The number of aliphatic hydroxyl groups excluding tert-OH is 1. The quantitative estimate of drug-likeness (QED) is 0.775. The minimum absolute atomic E-state index is 0.219. The van der Waals surface area contributed by atoms with Gasteiger partial charge in [-0.2, -0.15) is 4.98 Å². The largest absolute Gasteiger partial charge is 0.393 e.